The molecule has 0 saturated carbocycles. The van der Waals surface area contributed by atoms with Crippen LogP contribution in [-0.4, -0.2) is 44.3 Å². The molecule has 2 N–H and O–H groups in total. The van der Waals surface area contributed by atoms with E-state index in [1.807, 2.05) is 13.0 Å². The summed E-state index contributed by atoms with van der Waals surface area (Å²) in [4.78, 5) is 22.1. The molecule has 6 nitrogen and oxygen atoms in total. The lowest BCUT2D eigenvalue weighted by molar-refractivity contribution is -0.170. The number of nitrogens with zero attached hydrogens (tertiary/aromatic N) is 3. The molecule has 1 aliphatic rings. The summed E-state index contributed by atoms with van der Waals surface area (Å²) in [7, 11) is 0. The van der Waals surface area contributed by atoms with Crippen molar-refractivity contribution in [3.8, 4) is 10.4 Å². The van der Waals surface area contributed by atoms with Crippen molar-refractivity contribution in [1.82, 2.24) is 25.1 Å². The van der Waals surface area contributed by atoms with Crippen molar-refractivity contribution in [3.63, 3.8) is 0 Å². The van der Waals surface area contributed by atoms with Gasteiger partial charge in [0.2, 0.25) is 0 Å². The normalized spacial score (nSPS) is 18.8. The van der Waals surface area contributed by atoms with Crippen LogP contribution in [0.4, 0.5) is 13.2 Å². The van der Waals surface area contributed by atoms with Gasteiger partial charge in [-0.3, -0.25) is 14.8 Å². The monoisotopic (exact) mass is 383 g/mol. The van der Waals surface area contributed by atoms with Crippen LogP contribution in [0.3, 0.4) is 0 Å². The van der Waals surface area contributed by atoms with Crippen LogP contribution < -0.4 is 5.56 Å². The third-order valence-corrected chi connectivity index (χ3v) is 5.79. The second-order valence-corrected chi connectivity index (χ2v) is 7.56. The quantitative estimate of drug-likeness (QED) is 0.729. The van der Waals surface area contributed by atoms with Gasteiger partial charge in [-0.25, -0.2) is 4.98 Å². The smallest absolute Gasteiger partial charge is 0.308 e. The van der Waals surface area contributed by atoms with Gasteiger partial charge in [-0.1, -0.05) is 0 Å². The summed E-state index contributed by atoms with van der Waals surface area (Å²) in [6.45, 7) is 2.37. The van der Waals surface area contributed by atoms with Crippen LogP contribution in [0.5, 0.6) is 0 Å². The number of likely N-dealkylation sites (tertiary alicyclic amines) is 1. The molecule has 0 amide bonds. The van der Waals surface area contributed by atoms with Gasteiger partial charge in [0.1, 0.15) is 10.5 Å². The number of nitrogens with one attached hydrogen (secondary N) is 2. The Labute approximate surface area is 150 Å². The largest absolute Gasteiger partial charge is 0.393 e. The van der Waals surface area contributed by atoms with E-state index in [-0.39, 0.29) is 25.1 Å². The second-order valence-electron chi connectivity index (χ2n) is 6.51. The Hall–Kier alpha value is -2.20. The first-order chi connectivity index (χ1) is 12.3. The Morgan fingerprint density at radius 3 is 2.88 bits per heavy atom. The maximum atomic E-state index is 12.8. The highest BCUT2D eigenvalue weighted by molar-refractivity contribution is 7.22. The number of aromatic nitrogens is 4. The van der Waals surface area contributed by atoms with Crippen LogP contribution in [-0.2, 0) is 6.54 Å². The van der Waals surface area contributed by atoms with Crippen LogP contribution in [0, 0.1) is 12.8 Å². The lowest BCUT2D eigenvalue weighted by Gasteiger charge is -2.17. The Balaban J connectivity index is 1.60. The molecule has 138 valence electrons. The summed E-state index contributed by atoms with van der Waals surface area (Å²) in [5.41, 5.74) is 2.08. The highest BCUT2D eigenvalue weighted by Gasteiger charge is 2.43. The first kappa shape index (κ1) is 17.2. The van der Waals surface area contributed by atoms with Crippen molar-refractivity contribution in [3.05, 3.63) is 34.1 Å². The molecule has 0 bridgehead atoms. The Bertz CT molecular complexity index is 1010. The molecule has 4 rings (SSSR count). The molecule has 3 aromatic heterocycles. The van der Waals surface area contributed by atoms with Crippen LogP contribution in [0.1, 0.15) is 17.9 Å². The van der Waals surface area contributed by atoms with Crippen LogP contribution >= 0.6 is 11.3 Å². The van der Waals surface area contributed by atoms with Crippen molar-refractivity contribution in [2.45, 2.75) is 26.1 Å². The predicted molar refractivity (Wildman–Crippen MR) is 92.0 cm³/mol. The highest BCUT2D eigenvalue weighted by Crippen LogP contribution is 2.34. The fraction of sp³-hybridized carbons (Fsp3) is 0.438. The second kappa shape index (κ2) is 6.20. The molecule has 0 aromatic carbocycles. The molecule has 26 heavy (non-hydrogen) atoms. The van der Waals surface area contributed by atoms with Crippen LogP contribution in [0.15, 0.2) is 17.1 Å². The lowest BCUT2D eigenvalue weighted by Crippen LogP contribution is -2.28. The van der Waals surface area contributed by atoms with E-state index < -0.39 is 12.1 Å². The minimum Gasteiger partial charge on any atom is -0.308 e. The molecule has 0 aliphatic carbocycles. The predicted octanol–water partition coefficient (Wildman–Crippen LogP) is 3.07. The third-order valence-electron chi connectivity index (χ3n) is 4.64. The molecular formula is C16H16F3N5OS. The minimum absolute atomic E-state index is 0.0612. The molecule has 1 atom stereocenters. The first-order valence-electron chi connectivity index (χ1n) is 8.13. The Morgan fingerprint density at radius 1 is 1.42 bits per heavy atom. The average Bonchev–Trinajstić information content (AvgIpc) is 3.25. The molecule has 0 radical (unpaired) electrons. The number of alkyl halides is 3. The summed E-state index contributed by atoms with van der Waals surface area (Å²) in [5.74, 6) is -0.923. The number of H-pyrrole nitrogens is 2. The van der Waals surface area contributed by atoms with Crippen LogP contribution in [0.25, 0.3) is 20.7 Å². The maximum absolute atomic E-state index is 12.8. The van der Waals surface area contributed by atoms with Gasteiger partial charge in [-0.05, 0) is 26.0 Å². The van der Waals surface area contributed by atoms with E-state index in [9.17, 15) is 18.0 Å². The average molecular weight is 383 g/mol. The van der Waals surface area contributed by atoms with E-state index in [4.69, 9.17) is 0 Å². The summed E-state index contributed by atoms with van der Waals surface area (Å²) in [5, 5.41) is 6.83. The van der Waals surface area contributed by atoms with E-state index in [2.05, 4.69) is 20.2 Å². The molecule has 0 spiro atoms. The fourth-order valence-electron chi connectivity index (χ4n) is 3.25. The van der Waals surface area contributed by atoms with E-state index in [0.717, 1.165) is 16.1 Å². The Kier molecular flexibility index (Phi) is 4.11. The van der Waals surface area contributed by atoms with E-state index >= 15 is 0 Å². The number of aryl methyl sites for hydroxylation is 1. The van der Waals surface area contributed by atoms with Crippen LogP contribution in [0.2, 0.25) is 0 Å². The topological polar surface area (TPSA) is 77.7 Å². The van der Waals surface area contributed by atoms with Gasteiger partial charge in [0.05, 0.1) is 24.2 Å². The number of halogens is 3. The number of hydrogen-bond acceptors (Lipinski definition) is 5. The number of fused-ring (bicyclic) bond motifs is 1. The van der Waals surface area contributed by atoms with Gasteiger partial charge in [0.15, 0.2) is 0 Å². The fourth-order valence-corrected chi connectivity index (χ4v) is 4.31. The zero-order valence-corrected chi connectivity index (χ0v) is 14.7. The zero-order chi connectivity index (χ0) is 18.5. The molecule has 1 aliphatic heterocycles. The van der Waals surface area contributed by atoms with Crippen molar-refractivity contribution in [2.75, 3.05) is 13.1 Å². The molecule has 10 heteroatoms. The highest BCUT2D eigenvalue weighted by atomic mass is 32.1. The molecule has 1 fully saturated rings. The van der Waals surface area contributed by atoms with Crippen molar-refractivity contribution < 1.29 is 13.2 Å². The number of thiophene rings is 1. The van der Waals surface area contributed by atoms with Crippen molar-refractivity contribution in [1.29, 1.82) is 0 Å². The SMILES string of the molecule is Cc1[nH]ncc1-c1cc2nc(CN3CCC(C(F)(F)F)C3)[nH]c(=O)c2s1. The number of aromatic amines is 2. The Morgan fingerprint density at radius 2 is 2.23 bits per heavy atom. The zero-order valence-electron chi connectivity index (χ0n) is 13.9. The molecule has 3 aromatic rings. The van der Waals surface area contributed by atoms with Crippen molar-refractivity contribution >= 4 is 21.6 Å². The summed E-state index contributed by atoms with van der Waals surface area (Å²) in [6.07, 6.45) is -2.40. The molecular weight excluding hydrogens is 367 g/mol. The molecule has 1 saturated heterocycles. The third kappa shape index (κ3) is 3.14. The summed E-state index contributed by atoms with van der Waals surface area (Å²) >= 11 is 1.32. The van der Waals surface area contributed by atoms with Crippen molar-refractivity contribution in [2.24, 2.45) is 5.92 Å². The molecule has 1 unspecified atom stereocenters. The summed E-state index contributed by atoms with van der Waals surface area (Å²) < 4.78 is 38.9. The van der Waals surface area contributed by atoms with E-state index in [1.54, 1.807) is 11.1 Å². The van der Waals surface area contributed by atoms with Gasteiger partial charge in [-0.2, -0.15) is 18.3 Å². The molecule has 4 heterocycles. The van der Waals surface area contributed by atoms with Gasteiger partial charge in [-0.15, -0.1) is 11.3 Å². The van der Waals surface area contributed by atoms with Gasteiger partial charge >= 0.3 is 6.18 Å². The summed E-state index contributed by atoms with van der Waals surface area (Å²) in [6, 6.07) is 1.82. The lowest BCUT2D eigenvalue weighted by atomic mass is 10.1. The number of rotatable bonds is 3. The van der Waals surface area contributed by atoms with Gasteiger partial charge < -0.3 is 4.98 Å². The van der Waals surface area contributed by atoms with Gasteiger partial charge in [0.25, 0.3) is 5.56 Å². The minimum atomic E-state index is -4.18. The maximum Gasteiger partial charge on any atom is 0.393 e. The van der Waals surface area contributed by atoms with E-state index in [1.165, 1.54) is 11.3 Å². The number of hydrogen-bond donors (Lipinski definition) is 2. The van der Waals surface area contributed by atoms with Gasteiger partial charge in [0, 0.05) is 22.7 Å². The van der Waals surface area contributed by atoms with E-state index in [0.29, 0.717) is 22.6 Å². The first-order valence-corrected chi connectivity index (χ1v) is 8.95. The standard InChI is InChI=1S/C16H16F3N5OS/c1-8-10(5-20-23-8)12-4-11-14(26-12)15(25)22-13(21-11)7-24-3-2-9(6-24)16(17,18)19/h4-5,9H,2-3,6-7H2,1H3,(H,20,23)(H,21,22,25).